The van der Waals surface area contributed by atoms with E-state index in [-0.39, 0.29) is 0 Å². The van der Waals surface area contributed by atoms with Gasteiger partial charge in [-0.05, 0) is 30.0 Å². The number of nitrogens with one attached hydrogen (secondary N) is 1. The highest BCUT2D eigenvalue weighted by molar-refractivity contribution is 14.1. The molecule has 1 nitrogen and oxygen atoms in total. The topological polar surface area (TPSA) is 12.0 Å². The highest BCUT2D eigenvalue weighted by Crippen LogP contribution is 1.87. The monoisotopic (exact) mass is 253 g/mol. The molecular weight excluding hydrogens is 237 g/mol. The van der Waals surface area contributed by atoms with Crippen LogP contribution < -0.4 is 5.32 Å². The van der Waals surface area contributed by atoms with Crippen molar-refractivity contribution in [2.45, 2.75) is 26.2 Å². The summed E-state index contributed by atoms with van der Waals surface area (Å²) < 4.78 is 2.07. The Morgan fingerprint density at radius 1 is 1.40 bits per heavy atom. The number of halogens is 1. The fraction of sp³-hybridized carbons (Fsp3) is 0.750. The van der Waals surface area contributed by atoms with Crippen LogP contribution in [0.1, 0.15) is 26.2 Å². The Hall–Kier alpha value is 0.430. The van der Waals surface area contributed by atoms with E-state index in [4.69, 9.17) is 0 Å². The van der Waals surface area contributed by atoms with E-state index in [1.165, 1.54) is 19.4 Å². The summed E-state index contributed by atoms with van der Waals surface area (Å²) in [5, 5.41) is 3.37. The molecule has 0 aromatic rings. The summed E-state index contributed by atoms with van der Waals surface area (Å²) in [7, 11) is 0. The van der Waals surface area contributed by atoms with Gasteiger partial charge in [0.05, 0.1) is 0 Å². The molecule has 0 rings (SSSR count). The zero-order chi connectivity index (χ0) is 7.66. The van der Waals surface area contributed by atoms with Crippen molar-refractivity contribution in [3.8, 4) is 0 Å². The van der Waals surface area contributed by atoms with Gasteiger partial charge in [0, 0.05) is 0 Å². The molecule has 0 saturated heterocycles. The van der Waals surface area contributed by atoms with E-state index in [1.54, 1.807) is 0 Å². The van der Waals surface area contributed by atoms with Crippen LogP contribution >= 0.6 is 22.6 Å². The fourth-order valence-electron chi connectivity index (χ4n) is 0.675. The van der Waals surface area contributed by atoms with Crippen LogP contribution in [0.25, 0.3) is 0 Å². The van der Waals surface area contributed by atoms with Gasteiger partial charge in [-0.15, -0.1) is 0 Å². The molecule has 10 heavy (non-hydrogen) atoms. The molecule has 0 aromatic heterocycles. The third kappa shape index (κ3) is 8.43. The van der Waals surface area contributed by atoms with E-state index >= 15 is 0 Å². The second-order valence-electron chi connectivity index (χ2n) is 2.25. The summed E-state index contributed by atoms with van der Waals surface area (Å²) in [4.78, 5) is 0. The summed E-state index contributed by atoms with van der Waals surface area (Å²) in [6.07, 6.45) is 5.93. The lowest BCUT2D eigenvalue weighted by Crippen LogP contribution is -2.15. The quantitative estimate of drug-likeness (QED) is 0.567. The largest absolute Gasteiger partial charge is 0.316 e. The summed E-state index contributed by atoms with van der Waals surface area (Å²) >= 11 is 2.25. The lowest BCUT2D eigenvalue weighted by molar-refractivity contribution is 0.645. The average molecular weight is 253 g/mol. The first-order chi connectivity index (χ1) is 4.91. The lowest BCUT2D eigenvalue weighted by Gasteiger charge is -1.98. The van der Waals surface area contributed by atoms with Gasteiger partial charge >= 0.3 is 0 Å². The van der Waals surface area contributed by atoms with Crippen molar-refractivity contribution in [3.63, 3.8) is 0 Å². The second kappa shape index (κ2) is 9.43. The SMILES string of the molecule is CCCCNCC/C=C/I. The maximum absolute atomic E-state index is 3.37. The van der Waals surface area contributed by atoms with E-state index < -0.39 is 0 Å². The fourth-order valence-corrected chi connectivity index (χ4v) is 1.03. The molecule has 0 radical (unpaired) electrons. The second-order valence-corrected chi connectivity index (χ2v) is 2.97. The number of rotatable bonds is 6. The van der Waals surface area contributed by atoms with Gasteiger partial charge in [-0.25, -0.2) is 0 Å². The minimum atomic E-state index is 1.12. The van der Waals surface area contributed by atoms with E-state index in [0.29, 0.717) is 0 Å². The number of hydrogen-bond donors (Lipinski definition) is 1. The molecule has 0 atom stereocenters. The van der Waals surface area contributed by atoms with Crippen molar-refractivity contribution in [1.29, 1.82) is 0 Å². The minimum absolute atomic E-state index is 1.12. The number of unbranched alkanes of at least 4 members (excludes halogenated alkanes) is 1. The van der Waals surface area contributed by atoms with Crippen LogP contribution in [0.2, 0.25) is 0 Å². The molecule has 0 aliphatic carbocycles. The molecule has 0 amide bonds. The zero-order valence-electron chi connectivity index (χ0n) is 6.57. The molecule has 0 aromatic carbocycles. The van der Waals surface area contributed by atoms with Crippen molar-refractivity contribution >= 4 is 22.6 Å². The standard InChI is InChI=1S/C8H16IN/c1-2-3-7-10-8-5-4-6-9/h4,6,10H,2-3,5,7-8H2,1H3/b6-4+. The molecule has 0 aliphatic heterocycles. The molecule has 0 fully saturated rings. The van der Waals surface area contributed by atoms with Crippen molar-refractivity contribution in [3.05, 3.63) is 10.2 Å². The summed E-state index contributed by atoms with van der Waals surface area (Å²) in [6.45, 7) is 4.51. The van der Waals surface area contributed by atoms with Gasteiger partial charge in [0.2, 0.25) is 0 Å². The molecule has 60 valence electrons. The smallest absolute Gasteiger partial charge is 0.00140 e. The Morgan fingerprint density at radius 2 is 2.20 bits per heavy atom. The zero-order valence-corrected chi connectivity index (χ0v) is 8.73. The first-order valence-corrected chi connectivity index (χ1v) is 5.12. The highest BCUT2D eigenvalue weighted by atomic mass is 127. The normalized spacial score (nSPS) is 11.0. The van der Waals surface area contributed by atoms with Gasteiger partial charge in [-0.3, -0.25) is 0 Å². The summed E-state index contributed by atoms with van der Waals surface area (Å²) in [6, 6.07) is 0. The Bertz CT molecular complexity index is 81.3. The van der Waals surface area contributed by atoms with Crippen molar-refractivity contribution in [1.82, 2.24) is 5.32 Å². The molecule has 0 aliphatic rings. The van der Waals surface area contributed by atoms with Crippen molar-refractivity contribution in [2.24, 2.45) is 0 Å². The van der Waals surface area contributed by atoms with Gasteiger partial charge in [0.15, 0.2) is 0 Å². The maximum atomic E-state index is 3.37. The molecule has 0 heterocycles. The van der Waals surface area contributed by atoms with Crippen molar-refractivity contribution in [2.75, 3.05) is 13.1 Å². The molecule has 0 bridgehead atoms. The van der Waals surface area contributed by atoms with Crippen LogP contribution in [0.5, 0.6) is 0 Å². The Labute approximate surface area is 77.4 Å². The first kappa shape index (κ1) is 10.4. The van der Waals surface area contributed by atoms with Gasteiger partial charge < -0.3 is 5.32 Å². The predicted octanol–water partition coefficient (Wildman–Crippen LogP) is 2.71. The Balaban J connectivity index is 2.77. The van der Waals surface area contributed by atoms with Gasteiger partial charge in [0.25, 0.3) is 0 Å². The molecule has 0 unspecified atom stereocenters. The van der Waals surface area contributed by atoms with Gasteiger partial charge in [-0.2, -0.15) is 0 Å². The van der Waals surface area contributed by atoms with Crippen LogP contribution in [-0.4, -0.2) is 13.1 Å². The van der Waals surface area contributed by atoms with E-state index in [1.807, 2.05) is 0 Å². The van der Waals surface area contributed by atoms with Crippen LogP contribution in [0.15, 0.2) is 10.2 Å². The molecule has 2 heteroatoms. The van der Waals surface area contributed by atoms with E-state index in [0.717, 1.165) is 13.0 Å². The summed E-state index contributed by atoms with van der Waals surface area (Å²) in [5.41, 5.74) is 0. The third-order valence-corrected chi connectivity index (χ3v) is 1.79. The molecule has 0 saturated carbocycles. The van der Waals surface area contributed by atoms with Gasteiger partial charge in [0.1, 0.15) is 0 Å². The Kier molecular flexibility index (Phi) is 9.84. The number of hydrogen-bond acceptors (Lipinski definition) is 1. The molecule has 1 N–H and O–H groups in total. The van der Waals surface area contributed by atoms with Gasteiger partial charge in [-0.1, -0.05) is 42.0 Å². The summed E-state index contributed by atoms with van der Waals surface area (Å²) in [5.74, 6) is 0. The van der Waals surface area contributed by atoms with Crippen molar-refractivity contribution < 1.29 is 0 Å². The molecular formula is C8H16IN. The van der Waals surface area contributed by atoms with E-state index in [9.17, 15) is 0 Å². The lowest BCUT2D eigenvalue weighted by atomic mass is 10.3. The van der Waals surface area contributed by atoms with Crippen LogP contribution in [-0.2, 0) is 0 Å². The van der Waals surface area contributed by atoms with Crippen LogP contribution in [0.3, 0.4) is 0 Å². The first-order valence-electron chi connectivity index (χ1n) is 3.87. The van der Waals surface area contributed by atoms with E-state index in [2.05, 4.69) is 45.0 Å². The molecule has 0 spiro atoms. The Morgan fingerprint density at radius 3 is 2.80 bits per heavy atom. The predicted molar refractivity (Wildman–Crippen MR) is 55.6 cm³/mol. The third-order valence-electron chi connectivity index (χ3n) is 1.28. The maximum Gasteiger partial charge on any atom is -0.00140 e. The average Bonchev–Trinajstić information content (AvgIpc) is 1.97. The minimum Gasteiger partial charge on any atom is -0.316 e. The van der Waals surface area contributed by atoms with Crippen LogP contribution in [0, 0.1) is 0 Å². The highest BCUT2D eigenvalue weighted by Gasteiger charge is 1.82. The van der Waals surface area contributed by atoms with Crippen LogP contribution in [0.4, 0.5) is 0 Å².